The van der Waals surface area contributed by atoms with Crippen molar-refractivity contribution in [3.8, 4) is 0 Å². The molecule has 0 unspecified atom stereocenters. The van der Waals surface area contributed by atoms with E-state index in [1.807, 2.05) is 24.3 Å². The summed E-state index contributed by atoms with van der Waals surface area (Å²) in [7, 11) is 0. The van der Waals surface area contributed by atoms with Crippen molar-refractivity contribution in [1.29, 1.82) is 0 Å². The van der Waals surface area contributed by atoms with Crippen molar-refractivity contribution in [1.82, 2.24) is 5.32 Å². The molecule has 0 aliphatic carbocycles. The second kappa shape index (κ2) is 4.01. The Kier molecular flexibility index (Phi) is 2.73. The molecule has 1 aliphatic rings. The van der Waals surface area contributed by atoms with Gasteiger partial charge in [-0.05, 0) is 30.0 Å². The highest BCUT2D eigenvalue weighted by Gasteiger charge is 2.19. The molecule has 1 aromatic carbocycles. The Hall–Kier alpha value is -1.02. The maximum absolute atomic E-state index is 11.2. The van der Waals surface area contributed by atoms with Gasteiger partial charge in [-0.15, -0.1) is 0 Å². The van der Waals surface area contributed by atoms with Gasteiger partial charge in [-0.1, -0.05) is 23.7 Å². The van der Waals surface area contributed by atoms with Gasteiger partial charge in [0, 0.05) is 18.0 Å². The number of rotatable bonds is 1. The summed E-state index contributed by atoms with van der Waals surface area (Å²) >= 11 is 5.80. The van der Waals surface area contributed by atoms with Crippen LogP contribution in [0.15, 0.2) is 24.3 Å². The Balaban J connectivity index is 2.14. The third-order valence-corrected chi connectivity index (χ3v) is 2.84. The van der Waals surface area contributed by atoms with Crippen molar-refractivity contribution in [2.75, 3.05) is 6.54 Å². The first-order valence-electron chi connectivity index (χ1n) is 4.78. The summed E-state index contributed by atoms with van der Waals surface area (Å²) in [5.74, 6) is 0.511. The zero-order valence-corrected chi connectivity index (χ0v) is 8.55. The first kappa shape index (κ1) is 9.53. The predicted octanol–water partition coefficient (Wildman–Crippen LogP) is 2.33. The summed E-state index contributed by atoms with van der Waals surface area (Å²) < 4.78 is 0. The van der Waals surface area contributed by atoms with Crippen molar-refractivity contribution in [2.45, 2.75) is 18.8 Å². The molecular weight excluding hydrogens is 198 g/mol. The molecular formula is C11H12ClNO. The molecule has 1 atom stereocenters. The molecule has 0 spiro atoms. The number of carbonyl (C=O) groups excluding carboxylic acids is 1. The first-order chi connectivity index (χ1) is 6.75. The summed E-state index contributed by atoms with van der Waals surface area (Å²) in [6, 6.07) is 7.77. The van der Waals surface area contributed by atoms with E-state index in [-0.39, 0.29) is 5.91 Å². The molecule has 1 aliphatic heterocycles. The van der Waals surface area contributed by atoms with E-state index in [1.54, 1.807) is 0 Å². The monoisotopic (exact) mass is 209 g/mol. The molecule has 2 nitrogen and oxygen atoms in total. The average Bonchev–Trinajstić information content (AvgIpc) is 2.19. The fourth-order valence-electron chi connectivity index (χ4n) is 1.80. The van der Waals surface area contributed by atoms with E-state index < -0.39 is 0 Å². The van der Waals surface area contributed by atoms with Gasteiger partial charge in [-0.25, -0.2) is 0 Å². The van der Waals surface area contributed by atoms with Gasteiger partial charge in [-0.2, -0.15) is 0 Å². The molecule has 1 aromatic rings. The van der Waals surface area contributed by atoms with Crippen molar-refractivity contribution < 1.29 is 4.79 Å². The number of hydrogen-bond acceptors (Lipinski definition) is 1. The van der Waals surface area contributed by atoms with Crippen molar-refractivity contribution >= 4 is 17.5 Å². The average molecular weight is 210 g/mol. The van der Waals surface area contributed by atoms with Crippen LogP contribution in [-0.4, -0.2) is 12.5 Å². The Morgan fingerprint density at radius 2 is 2.00 bits per heavy atom. The van der Waals surface area contributed by atoms with Crippen LogP contribution in [0, 0.1) is 0 Å². The molecule has 14 heavy (non-hydrogen) atoms. The lowest BCUT2D eigenvalue weighted by molar-refractivity contribution is -0.122. The highest BCUT2D eigenvalue weighted by molar-refractivity contribution is 6.30. The number of nitrogens with one attached hydrogen (secondary N) is 1. The normalized spacial score (nSPS) is 21.8. The van der Waals surface area contributed by atoms with Crippen LogP contribution in [0.3, 0.4) is 0 Å². The number of halogens is 1. The van der Waals surface area contributed by atoms with Gasteiger partial charge >= 0.3 is 0 Å². The summed E-state index contributed by atoms with van der Waals surface area (Å²) in [5.41, 5.74) is 1.21. The Morgan fingerprint density at radius 1 is 1.29 bits per heavy atom. The molecule has 1 N–H and O–H groups in total. The van der Waals surface area contributed by atoms with Gasteiger partial charge < -0.3 is 5.32 Å². The highest BCUT2D eigenvalue weighted by Crippen LogP contribution is 2.26. The second-order valence-electron chi connectivity index (χ2n) is 3.59. The zero-order chi connectivity index (χ0) is 9.97. The predicted molar refractivity (Wildman–Crippen MR) is 56.4 cm³/mol. The Bertz CT molecular complexity index is 334. The van der Waals surface area contributed by atoms with Crippen molar-refractivity contribution in [3.05, 3.63) is 34.9 Å². The third-order valence-electron chi connectivity index (χ3n) is 2.59. The minimum absolute atomic E-state index is 0.149. The quantitative estimate of drug-likeness (QED) is 0.756. The van der Waals surface area contributed by atoms with Gasteiger partial charge in [0.1, 0.15) is 0 Å². The maximum atomic E-state index is 11.2. The minimum Gasteiger partial charge on any atom is -0.356 e. The van der Waals surface area contributed by atoms with E-state index in [1.165, 1.54) is 5.56 Å². The van der Waals surface area contributed by atoms with Crippen LogP contribution in [0.25, 0.3) is 0 Å². The molecule has 1 heterocycles. The molecule has 0 bridgehead atoms. The van der Waals surface area contributed by atoms with E-state index in [9.17, 15) is 4.79 Å². The van der Waals surface area contributed by atoms with Crippen molar-refractivity contribution in [3.63, 3.8) is 0 Å². The highest BCUT2D eigenvalue weighted by atomic mass is 35.5. The molecule has 3 heteroatoms. The molecule has 0 aromatic heterocycles. The summed E-state index contributed by atoms with van der Waals surface area (Å²) in [6.45, 7) is 0.784. The van der Waals surface area contributed by atoms with Gasteiger partial charge in [0.15, 0.2) is 0 Å². The lowest BCUT2D eigenvalue weighted by Crippen LogP contribution is -2.32. The number of carbonyl (C=O) groups is 1. The zero-order valence-electron chi connectivity index (χ0n) is 7.79. The fourth-order valence-corrected chi connectivity index (χ4v) is 1.93. The largest absolute Gasteiger partial charge is 0.356 e. The van der Waals surface area contributed by atoms with E-state index in [2.05, 4.69) is 5.32 Å². The smallest absolute Gasteiger partial charge is 0.220 e. The minimum atomic E-state index is 0.149. The van der Waals surface area contributed by atoms with E-state index in [0.29, 0.717) is 12.3 Å². The third kappa shape index (κ3) is 2.07. The van der Waals surface area contributed by atoms with Gasteiger partial charge in [-0.3, -0.25) is 4.79 Å². The fraction of sp³-hybridized carbons (Fsp3) is 0.364. The molecule has 1 fully saturated rings. The second-order valence-corrected chi connectivity index (χ2v) is 4.03. The maximum Gasteiger partial charge on any atom is 0.220 e. The summed E-state index contributed by atoms with van der Waals surface area (Å²) in [5, 5.41) is 3.57. The van der Waals surface area contributed by atoms with Gasteiger partial charge in [0.25, 0.3) is 0 Å². The van der Waals surface area contributed by atoms with E-state index in [0.717, 1.165) is 18.0 Å². The molecule has 1 amide bonds. The number of piperidine rings is 1. The number of amides is 1. The Labute approximate surface area is 88.3 Å². The first-order valence-corrected chi connectivity index (χ1v) is 5.15. The van der Waals surface area contributed by atoms with Crippen molar-refractivity contribution in [2.24, 2.45) is 0 Å². The lowest BCUT2D eigenvalue weighted by atomic mass is 9.90. The SMILES string of the molecule is O=C1C[C@H](c2ccc(Cl)cc2)CCN1. The molecule has 0 saturated carbocycles. The van der Waals surface area contributed by atoms with Crippen LogP contribution in [0.1, 0.15) is 24.3 Å². The molecule has 2 rings (SSSR count). The van der Waals surface area contributed by atoms with Gasteiger partial charge in [0.05, 0.1) is 0 Å². The Morgan fingerprint density at radius 3 is 2.64 bits per heavy atom. The molecule has 74 valence electrons. The number of benzene rings is 1. The van der Waals surface area contributed by atoms with E-state index >= 15 is 0 Å². The van der Waals surface area contributed by atoms with Gasteiger partial charge in [0.2, 0.25) is 5.91 Å². The van der Waals surface area contributed by atoms with Crippen LogP contribution >= 0.6 is 11.6 Å². The standard InChI is InChI=1S/C11H12ClNO/c12-10-3-1-8(2-4-10)9-5-6-13-11(14)7-9/h1-4,9H,5-7H2,(H,13,14)/t9-/m1/s1. The summed E-state index contributed by atoms with van der Waals surface area (Å²) in [4.78, 5) is 11.2. The van der Waals surface area contributed by atoms with Crippen LogP contribution in [0.4, 0.5) is 0 Å². The summed E-state index contributed by atoms with van der Waals surface area (Å²) in [6.07, 6.45) is 1.62. The van der Waals surface area contributed by atoms with Crippen LogP contribution in [0.5, 0.6) is 0 Å². The number of hydrogen-bond donors (Lipinski definition) is 1. The molecule has 0 radical (unpaired) electrons. The lowest BCUT2D eigenvalue weighted by Gasteiger charge is -2.22. The topological polar surface area (TPSA) is 29.1 Å². The van der Waals surface area contributed by atoms with Crippen LogP contribution in [0.2, 0.25) is 5.02 Å². The van der Waals surface area contributed by atoms with Crippen LogP contribution < -0.4 is 5.32 Å². The van der Waals surface area contributed by atoms with E-state index in [4.69, 9.17) is 11.6 Å². The molecule has 1 saturated heterocycles. The van der Waals surface area contributed by atoms with Crippen LogP contribution in [-0.2, 0) is 4.79 Å².